The van der Waals surface area contributed by atoms with E-state index in [-0.39, 0.29) is 23.8 Å². The first-order valence-corrected chi connectivity index (χ1v) is 8.94. The number of carbonyl (C=O) groups is 2. The van der Waals surface area contributed by atoms with Crippen molar-refractivity contribution in [3.8, 4) is 0 Å². The molecule has 1 N–H and O–H groups in total. The van der Waals surface area contributed by atoms with Crippen LogP contribution in [0.25, 0.3) is 5.65 Å². The summed E-state index contributed by atoms with van der Waals surface area (Å²) in [6.07, 6.45) is 4.49. The molecule has 3 rings (SSSR count). The van der Waals surface area contributed by atoms with Crippen LogP contribution < -0.4 is 5.32 Å². The lowest BCUT2D eigenvalue weighted by molar-refractivity contribution is -0.127. The molecule has 0 saturated carbocycles. The van der Waals surface area contributed by atoms with Gasteiger partial charge in [-0.3, -0.25) is 14.0 Å². The summed E-state index contributed by atoms with van der Waals surface area (Å²) in [5, 5.41) is 11.6. The summed E-state index contributed by atoms with van der Waals surface area (Å²) in [6, 6.07) is 3.78. The zero-order valence-electron chi connectivity index (χ0n) is 15.0. The number of nitrogens with one attached hydrogen (secondary N) is 1. The molecule has 0 aliphatic carbocycles. The normalized spacial score (nSPS) is 17.4. The van der Waals surface area contributed by atoms with Crippen molar-refractivity contribution in [1.82, 2.24) is 24.8 Å². The van der Waals surface area contributed by atoms with Crippen molar-refractivity contribution in [3.05, 3.63) is 29.7 Å². The number of aromatic nitrogens is 3. The highest BCUT2D eigenvalue weighted by atomic mass is 16.2. The Hall–Kier alpha value is -2.44. The van der Waals surface area contributed by atoms with E-state index in [4.69, 9.17) is 0 Å². The molecule has 0 spiro atoms. The lowest BCUT2D eigenvalue weighted by Crippen LogP contribution is -2.33. The van der Waals surface area contributed by atoms with Crippen molar-refractivity contribution < 1.29 is 9.59 Å². The molecule has 7 heteroatoms. The monoisotopic (exact) mass is 343 g/mol. The van der Waals surface area contributed by atoms with Crippen molar-refractivity contribution in [2.24, 2.45) is 0 Å². The SMILES string of the molecule is CCC(CC)NC(=O)c1ccc2nnc([C@H]3CCN(C(C)=O)C3)n2c1. The molecule has 2 amide bonds. The third kappa shape index (κ3) is 3.50. The van der Waals surface area contributed by atoms with E-state index in [2.05, 4.69) is 29.4 Å². The number of carbonyl (C=O) groups excluding carboxylic acids is 2. The number of likely N-dealkylation sites (tertiary alicyclic amines) is 1. The molecule has 1 aliphatic rings. The Balaban J connectivity index is 1.85. The fourth-order valence-electron chi connectivity index (χ4n) is 3.34. The number of fused-ring (bicyclic) bond motifs is 1. The number of hydrogen-bond donors (Lipinski definition) is 1. The molecule has 7 nitrogen and oxygen atoms in total. The Labute approximate surface area is 147 Å². The van der Waals surface area contributed by atoms with Crippen molar-refractivity contribution in [2.45, 2.75) is 52.0 Å². The lowest BCUT2D eigenvalue weighted by Gasteiger charge is -2.15. The molecule has 3 heterocycles. The van der Waals surface area contributed by atoms with Crippen molar-refractivity contribution >= 4 is 17.5 Å². The van der Waals surface area contributed by atoms with Crippen molar-refractivity contribution in [3.63, 3.8) is 0 Å². The molecule has 0 unspecified atom stereocenters. The van der Waals surface area contributed by atoms with Gasteiger partial charge in [-0.1, -0.05) is 13.8 Å². The van der Waals surface area contributed by atoms with Crippen LogP contribution >= 0.6 is 0 Å². The highest BCUT2D eigenvalue weighted by Crippen LogP contribution is 2.26. The molecule has 1 atom stereocenters. The fourth-order valence-corrected chi connectivity index (χ4v) is 3.34. The highest BCUT2D eigenvalue weighted by Gasteiger charge is 2.29. The Bertz CT molecular complexity index is 781. The minimum absolute atomic E-state index is 0.0768. The van der Waals surface area contributed by atoms with E-state index in [1.165, 1.54) is 0 Å². The Morgan fingerprint density at radius 3 is 2.68 bits per heavy atom. The largest absolute Gasteiger partial charge is 0.349 e. The predicted octanol–water partition coefficient (Wildman–Crippen LogP) is 1.98. The average molecular weight is 343 g/mol. The maximum atomic E-state index is 12.5. The van der Waals surface area contributed by atoms with Gasteiger partial charge in [0, 0.05) is 38.2 Å². The van der Waals surface area contributed by atoms with Gasteiger partial charge < -0.3 is 10.2 Å². The van der Waals surface area contributed by atoms with Crippen LogP contribution in [0, 0.1) is 0 Å². The molecule has 134 valence electrons. The van der Waals surface area contributed by atoms with E-state index in [0.717, 1.165) is 37.3 Å². The summed E-state index contributed by atoms with van der Waals surface area (Å²) in [5.41, 5.74) is 1.32. The summed E-state index contributed by atoms with van der Waals surface area (Å²) in [5.74, 6) is 0.973. The second-order valence-electron chi connectivity index (χ2n) is 6.64. The summed E-state index contributed by atoms with van der Waals surface area (Å²) in [7, 11) is 0. The molecule has 0 bridgehead atoms. The second kappa shape index (κ2) is 7.21. The number of hydrogen-bond acceptors (Lipinski definition) is 4. The van der Waals surface area contributed by atoms with Gasteiger partial charge in [-0.05, 0) is 31.4 Å². The number of rotatable bonds is 5. The van der Waals surface area contributed by atoms with Crippen LogP contribution in [0.5, 0.6) is 0 Å². The maximum absolute atomic E-state index is 12.5. The molecule has 2 aromatic rings. The maximum Gasteiger partial charge on any atom is 0.252 e. The molecule has 0 aromatic carbocycles. The third-order valence-electron chi connectivity index (χ3n) is 5.01. The van der Waals surface area contributed by atoms with Gasteiger partial charge in [0.2, 0.25) is 5.91 Å². The van der Waals surface area contributed by atoms with Crippen LogP contribution in [0.3, 0.4) is 0 Å². The number of pyridine rings is 1. The van der Waals surface area contributed by atoms with Crippen LogP contribution in [-0.4, -0.2) is 50.4 Å². The fraction of sp³-hybridized carbons (Fsp3) is 0.556. The Kier molecular flexibility index (Phi) is 5.01. The number of amides is 2. The summed E-state index contributed by atoms with van der Waals surface area (Å²) >= 11 is 0. The third-order valence-corrected chi connectivity index (χ3v) is 5.01. The van der Waals surface area contributed by atoms with Gasteiger partial charge in [-0.2, -0.15) is 0 Å². The van der Waals surface area contributed by atoms with E-state index in [9.17, 15) is 9.59 Å². The van der Waals surface area contributed by atoms with Crippen LogP contribution in [0.15, 0.2) is 18.3 Å². The highest BCUT2D eigenvalue weighted by molar-refractivity contribution is 5.94. The second-order valence-corrected chi connectivity index (χ2v) is 6.64. The standard InChI is InChI=1S/C18H25N5O2/c1-4-15(5-2)19-18(25)14-6-7-16-20-21-17(23(16)11-14)13-8-9-22(10-13)12(3)24/h6-7,11,13,15H,4-5,8-10H2,1-3H3,(H,19,25)/t13-/m0/s1. The topological polar surface area (TPSA) is 79.6 Å². The molecule has 1 aliphatic heterocycles. The van der Waals surface area contributed by atoms with Gasteiger partial charge in [0.1, 0.15) is 5.82 Å². The van der Waals surface area contributed by atoms with Crippen LogP contribution in [0.4, 0.5) is 0 Å². The van der Waals surface area contributed by atoms with Crippen LogP contribution in [-0.2, 0) is 4.79 Å². The summed E-state index contributed by atoms with van der Waals surface area (Å²) < 4.78 is 1.89. The van der Waals surface area contributed by atoms with E-state index in [0.29, 0.717) is 12.1 Å². The van der Waals surface area contributed by atoms with Gasteiger partial charge >= 0.3 is 0 Å². The quantitative estimate of drug-likeness (QED) is 0.900. The first-order chi connectivity index (χ1) is 12.0. The zero-order valence-corrected chi connectivity index (χ0v) is 15.0. The van der Waals surface area contributed by atoms with Gasteiger partial charge in [-0.15, -0.1) is 10.2 Å². The minimum Gasteiger partial charge on any atom is -0.349 e. The van der Waals surface area contributed by atoms with Crippen molar-refractivity contribution in [1.29, 1.82) is 0 Å². The first-order valence-electron chi connectivity index (χ1n) is 8.94. The first kappa shape index (κ1) is 17.4. The smallest absolute Gasteiger partial charge is 0.252 e. The molecular formula is C18H25N5O2. The average Bonchev–Trinajstić information content (AvgIpc) is 3.25. The van der Waals surface area contributed by atoms with E-state index >= 15 is 0 Å². The molecule has 2 aromatic heterocycles. The zero-order chi connectivity index (χ0) is 18.0. The predicted molar refractivity (Wildman–Crippen MR) is 94.4 cm³/mol. The van der Waals surface area contributed by atoms with E-state index in [1.54, 1.807) is 19.2 Å². The Morgan fingerprint density at radius 2 is 2.04 bits per heavy atom. The molecular weight excluding hydrogens is 318 g/mol. The van der Waals surface area contributed by atoms with Gasteiger partial charge in [0.05, 0.1) is 5.56 Å². The van der Waals surface area contributed by atoms with Gasteiger partial charge in [0.25, 0.3) is 5.91 Å². The van der Waals surface area contributed by atoms with Crippen LogP contribution in [0.1, 0.15) is 62.1 Å². The van der Waals surface area contributed by atoms with E-state index < -0.39 is 0 Å². The van der Waals surface area contributed by atoms with Gasteiger partial charge in [0.15, 0.2) is 5.65 Å². The molecule has 1 fully saturated rings. The molecule has 0 radical (unpaired) electrons. The molecule has 25 heavy (non-hydrogen) atoms. The van der Waals surface area contributed by atoms with Crippen molar-refractivity contribution in [2.75, 3.05) is 13.1 Å². The lowest BCUT2D eigenvalue weighted by atomic mass is 10.1. The molecule has 1 saturated heterocycles. The van der Waals surface area contributed by atoms with Crippen LogP contribution in [0.2, 0.25) is 0 Å². The van der Waals surface area contributed by atoms with E-state index in [1.807, 2.05) is 15.4 Å². The number of nitrogens with zero attached hydrogens (tertiary/aromatic N) is 4. The summed E-state index contributed by atoms with van der Waals surface area (Å²) in [6.45, 7) is 7.11. The minimum atomic E-state index is -0.0768. The Morgan fingerprint density at radius 1 is 1.28 bits per heavy atom. The summed E-state index contributed by atoms with van der Waals surface area (Å²) in [4.78, 5) is 25.9. The van der Waals surface area contributed by atoms with Gasteiger partial charge in [-0.25, -0.2) is 0 Å².